The van der Waals surface area contributed by atoms with E-state index in [1.165, 1.54) is 63.5 Å². The summed E-state index contributed by atoms with van der Waals surface area (Å²) in [5, 5.41) is 10.4. The lowest BCUT2D eigenvalue weighted by atomic mass is 9.68. The van der Waals surface area contributed by atoms with Crippen molar-refractivity contribution in [3.05, 3.63) is 23.3 Å². The van der Waals surface area contributed by atoms with Crippen LogP contribution in [0.2, 0.25) is 0 Å². The molecule has 31 heavy (non-hydrogen) atoms. The largest absolute Gasteiger partial charge is 0.507 e. The van der Waals surface area contributed by atoms with E-state index >= 15 is 0 Å². The van der Waals surface area contributed by atoms with Crippen LogP contribution in [-0.2, 0) is 0 Å². The van der Waals surface area contributed by atoms with Crippen LogP contribution in [0, 0.1) is 23.7 Å². The van der Waals surface area contributed by atoms with Crippen LogP contribution in [0.15, 0.2) is 12.1 Å². The molecule has 174 valence electrons. The standard InChI is InChI=1S/C26H38F2O3/c1-3-5-17-6-10-19(11-7-17)20-12-8-18(9-13-20)16-22(29)21-14-15-23(31-4-2)24(25(21)30)26(27)28/h14-15,17-20,26,30H,3-13,16H2,1-2H3. The highest BCUT2D eigenvalue weighted by molar-refractivity contribution is 5.99. The van der Waals surface area contributed by atoms with Crippen molar-refractivity contribution in [3.63, 3.8) is 0 Å². The monoisotopic (exact) mass is 436 g/mol. The van der Waals surface area contributed by atoms with Gasteiger partial charge in [0.05, 0.1) is 12.2 Å². The van der Waals surface area contributed by atoms with E-state index in [0.29, 0.717) is 6.42 Å². The van der Waals surface area contributed by atoms with Gasteiger partial charge in [0, 0.05) is 6.42 Å². The molecule has 0 aliphatic heterocycles. The van der Waals surface area contributed by atoms with Crippen LogP contribution in [0.25, 0.3) is 0 Å². The maximum atomic E-state index is 13.4. The van der Waals surface area contributed by atoms with E-state index in [1.807, 2.05) is 0 Å². The summed E-state index contributed by atoms with van der Waals surface area (Å²) in [5.41, 5.74) is -0.579. The highest BCUT2D eigenvalue weighted by Crippen LogP contribution is 2.44. The van der Waals surface area contributed by atoms with E-state index in [1.54, 1.807) is 6.92 Å². The Morgan fingerprint density at radius 1 is 1.00 bits per heavy atom. The molecule has 2 aliphatic rings. The lowest BCUT2D eigenvalue weighted by molar-refractivity contribution is 0.0916. The van der Waals surface area contributed by atoms with Crippen molar-refractivity contribution in [2.45, 2.75) is 90.9 Å². The van der Waals surface area contributed by atoms with Crippen LogP contribution in [0.4, 0.5) is 8.78 Å². The molecule has 0 heterocycles. The molecule has 0 spiro atoms. The van der Waals surface area contributed by atoms with Gasteiger partial charge in [-0.3, -0.25) is 4.79 Å². The summed E-state index contributed by atoms with van der Waals surface area (Å²) in [5.74, 6) is 1.90. The first-order chi connectivity index (χ1) is 14.9. The van der Waals surface area contributed by atoms with Crippen molar-refractivity contribution in [1.29, 1.82) is 0 Å². The third-order valence-corrected chi connectivity index (χ3v) is 7.62. The molecule has 0 radical (unpaired) electrons. The minimum atomic E-state index is -2.89. The van der Waals surface area contributed by atoms with Gasteiger partial charge in [-0.15, -0.1) is 0 Å². The molecule has 1 aromatic carbocycles. The summed E-state index contributed by atoms with van der Waals surface area (Å²) in [6.45, 7) is 4.19. The number of hydrogen-bond acceptors (Lipinski definition) is 3. The molecule has 2 aliphatic carbocycles. The fourth-order valence-corrected chi connectivity index (χ4v) is 5.90. The quantitative estimate of drug-likeness (QED) is 0.403. The Kier molecular flexibility index (Phi) is 8.74. The fraction of sp³-hybridized carbons (Fsp3) is 0.731. The Morgan fingerprint density at radius 3 is 2.10 bits per heavy atom. The first kappa shape index (κ1) is 24.0. The maximum absolute atomic E-state index is 13.4. The van der Waals surface area contributed by atoms with Gasteiger partial charge in [0.25, 0.3) is 6.43 Å². The summed E-state index contributed by atoms with van der Waals surface area (Å²) in [6.07, 6.45) is 9.92. The third kappa shape index (κ3) is 5.98. The number of benzene rings is 1. The molecule has 0 atom stereocenters. The zero-order valence-electron chi connectivity index (χ0n) is 19.0. The first-order valence-electron chi connectivity index (χ1n) is 12.2. The predicted octanol–water partition coefficient (Wildman–Crippen LogP) is 7.71. The smallest absolute Gasteiger partial charge is 0.271 e. The zero-order chi connectivity index (χ0) is 22.4. The fourth-order valence-electron chi connectivity index (χ4n) is 5.90. The molecule has 2 saturated carbocycles. The topological polar surface area (TPSA) is 46.5 Å². The third-order valence-electron chi connectivity index (χ3n) is 7.62. The molecular weight excluding hydrogens is 398 g/mol. The molecule has 0 saturated heterocycles. The molecule has 3 nitrogen and oxygen atoms in total. The highest BCUT2D eigenvalue weighted by atomic mass is 19.3. The Balaban J connectivity index is 1.54. The van der Waals surface area contributed by atoms with Gasteiger partial charge in [-0.25, -0.2) is 8.78 Å². The van der Waals surface area contributed by atoms with Gasteiger partial charge in [0.1, 0.15) is 17.1 Å². The van der Waals surface area contributed by atoms with Gasteiger partial charge < -0.3 is 9.84 Å². The lowest BCUT2D eigenvalue weighted by Gasteiger charge is -2.37. The van der Waals surface area contributed by atoms with Crippen LogP contribution >= 0.6 is 0 Å². The normalized spacial score (nSPS) is 26.7. The number of phenolic OH excluding ortho intramolecular Hbond substituents is 1. The number of carbonyl (C=O) groups excluding carboxylic acids is 1. The highest BCUT2D eigenvalue weighted by Gasteiger charge is 2.32. The number of ketones is 1. The number of alkyl halides is 2. The Labute approximate surface area is 185 Å². The van der Waals surface area contributed by atoms with Gasteiger partial charge >= 0.3 is 0 Å². The number of carbonyl (C=O) groups is 1. The van der Waals surface area contributed by atoms with Crippen LogP contribution in [0.1, 0.15) is 107 Å². The molecule has 2 fully saturated rings. The van der Waals surface area contributed by atoms with Crippen LogP contribution in [-0.4, -0.2) is 17.5 Å². The molecule has 0 bridgehead atoms. The van der Waals surface area contributed by atoms with Crippen LogP contribution < -0.4 is 4.74 Å². The van der Waals surface area contributed by atoms with E-state index in [4.69, 9.17) is 4.74 Å². The summed E-state index contributed by atoms with van der Waals surface area (Å²) in [7, 11) is 0. The minimum Gasteiger partial charge on any atom is -0.507 e. The molecule has 5 heteroatoms. The number of hydrogen-bond donors (Lipinski definition) is 1. The second-order valence-corrected chi connectivity index (χ2v) is 9.58. The van der Waals surface area contributed by atoms with Crippen molar-refractivity contribution in [1.82, 2.24) is 0 Å². The van der Waals surface area contributed by atoms with Gasteiger partial charge in [-0.1, -0.05) is 32.6 Å². The van der Waals surface area contributed by atoms with Gasteiger partial charge in [0.2, 0.25) is 0 Å². The van der Waals surface area contributed by atoms with E-state index in [0.717, 1.165) is 30.6 Å². The number of ether oxygens (including phenoxy) is 1. The molecule has 0 unspecified atom stereocenters. The summed E-state index contributed by atoms with van der Waals surface area (Å²) >= 11 is 0. The second-order valence-electron chi connectivity index (χ2n) is 9.58. The van der Waals surface area contributed by atoms with E-state index in [9.17, 15) is 18.7 Å². The van der Waals surface area contributed by atoms with Crippen molar-refractivity contribution in [2.24, 2.45) is 23.7 Å². The van der Waals surface area contributed by atoms with Crippen molar-refractivity contribution in [2.75, 3.05) is 6.61 Å². The van der Waals surface area contributed by atoms with E-state index < -0.39 is 17.7 Å². The van der Waals surface area contributed by atoms with E-state index in [-0.39, 0.29) is 29.6 Å². The molecule has 1 N–H and O–H groups in total. The summed E-state index contributed by atoms with van der Waals surface area (Å²) < 4.78 is 32.1. The Morgan fingerprint density at radius 2 is 1.58 bits per heavy atom. The van der Waals surface area contributed by atoms with E-state index in [2.05, 4.69) is 6.92 Å². The molecule has 3 rings (SSSR count). The Bertz CT molecular complexity index is 718. The minimum absolute atomic E-state index is 0.00452. The van der Waals surface area contributed by atoms with Gasteiger partial charge in [-0.2, -0.15) is 0 Å². The summed E-state index contributed by atoms with van der Waals surface area (Å²) in [6, 6.07) is 2.80. The molecule has 0 aromatic heterocycles. The van der Waals surface area contributed by atoms with Crippen molar-refractivity contribution >= 4 is 5.78 Å². The number of phenols is 1. The second kappa shape index (κ2) is 11.3. The number of Topliss-reactive ketones (excluding diaryl/α,β-unsaturated/α-hetero) is 1. The van der Waals surface area contributed by atoms with Crippen LogP contribution in [0.5, 0.6) is 11.5 Å². The van der Waals surface area contributed by atoms with Crippen molar-refractivity contribution < 1.29 is 23.4 Å². The summed E-state index contributed by atoms with van der Waals surface area (Å²) in [4.78, 5) is 12.8. The molecule has 1 aromatic rings. The van der Waals surface area contributed by atoms with Crippen LogP contribution in [0.3, 0.4) is 0 Å². The van der Waals surface area contributed by atoms with Crippen molar-refractivity contribution in [3.8, 4) is 11.5 Å². The Hall–Kier alpha value is -1.65. The predicted molar refractivity (Wildman–Crippen MR) is 119 cm³/mol. The van der Waals surface area contributed by atoms with Gasteiger partial charge in [-0.05, 0) is 81.3 Å². The average Bonchev–Trinajstić information content (AvgIpc) is 2.75. The van der Waals surface area contributed by atoms with Gasteiger partial charge in [0.15, 0.2) is 5.78 Å². The maximum Gasteiger partial charge on any atom is 0.271 e. The average molecular weight is 437 g/mol. The SMILES string of the molecule is CCCC1CCC(C2CCC(CC(=O)c3ccc(OCC)c(C(F)F)c3O)CC2)CC1. The molecule has 0 amide bonds. The number of rotatable bonds is 9. The lowest BCUT2D eigenvalue weighted by Crippen LogP contribution is -2.26. The molecular formula is C26H38F2O3. The zero-order valence-corrected chi connectivity index (χ0v) is 19.0. The number of halogens is 2. The first-order valence-corrected chi connectivity index (χ1v) is 12.2. The number of aromatic hydroxyl groups is 1.